The molecule has 1 aliphatic rings. The van der Waals surface area contributed by atoms with Crippen LogP contribution in [-0.2, 0) is 29.1 Å². The van der Waals surface area contributed by atoms with E-state index in [1.807, 2.05) is 31.2 Å². The summed E-state index contributed by atoms with van der Waals surface area (Å²) < 4.78 is 7.60. The summed E-state index contributed by atoms with van der Waals surface area (Å²) in [5.74, 6) is 0.396. The minimum atomic E-state index is -0.142. The lowest BCUT2D eigenvalue weighted by atomic mass is 9.96. The molecular weight excluding hydrogens is 442 g/mol. The van der Waals surface area contributed by atoms with Crippen molar-refractivity contribution in [3.63, 3.8) is 0 Å². The summed E-state index contributed by atoms with van der Waals surface area (Å²) in [6.07, 6.45) is 2.51. The number of hydrogen-bond donors (Lipinski definition) is 1. The van der Waals surface area contributed by atoms with Gasteiger partial charge in [0.2, 0.25) is 5.91 Å². The average Bonchev–Trinajstić information content (AvgIpc) is 3.13. The monoisotopic (exact) mass is 469 g/mol. The van der Waals surface area contributed by atoms with E-state index in [0.717, 1.165) is 32.9 Å². The molecule has 3 heterocycles. The smallest absolute Gasteiger partial charge is 0.263 e. The zero-order valence-corrected chi connectivity index (χ0v) is 20.1. The fourth-order valence-electron chi connectivity index (χ4n) is 3.73. The fraction of sp³-hybridized carbons (Fsp3) is 0.375. The molecule has 0 saturated carbocycles. The Hall–Kier alpha value is -2.42. The van der Waals surface area contributed by atoms with E-state index < -0.39 is 0 Å². The summed E-state index contributed by atoms with van der Waals surface area (Å²) in [6.45, 7) is 10.9. The lowest BCUT2D eigenvalue weighted by molar-refractivity contribution is -0.113. The van der Waals surface area contributed by atoms with Gasteiger partial charge in [-0.25, -0.2) is 4.98 Å². The van der Waals surface area contributed by atoms with E-state index in [4.69, 9.17) is 9.72 Å². The first kappa shape index (κ1) is 22.8. The van der Waals surface area contributed by atoms with Crippen molar-refractivity contribution < 1.29 is 9.53 Å². The zero-order chi connectivity index (χ0) is 22.8. The summed E-state index contributed by atoms with van der Waals surface area (Å²) in [4.78, 5) is 32.5. The number of carbonyl (C=O) groups excluding carboxylic acids is 1. The summed E-state index contributed by atoms with van der Waals surface area (Å²) in [7, 11) is 0. The molecule has 8 heteroatoms. The molecule has 4 rings (SSSR count). The Bertz CT molecular complexity index is 1210. The number of benzene rings is 1. The highest BCUT2D eigenvalue weighted by Gasteiger charge is 2.28. The molecule has 2 aromatic heterocycles. The minimum Gasteiger partial charge on any atom is -0.372 e. The van der Waals surface area contributed by atoms with Crippen molar-refractivity contribution in [3.8, 4) is 0 Å². The van der Waals surface area contributed by atoms with Crippen LogP contribution in [0.15, 0.2) is 46.9 Å². The van der Waals surface area contributed by atoms with Gasteiger partial charge in [-0.15, -0.1) is 17.9 Å². The summed E-state index contributed by atoms with van der Waals surface area (Å²) in [5.41, 5.74) is 2.88. The van der Waals surface area contributed by atoms with Crippen LogP contribution < -0.4 is 10.9 Å². The second-order valence-corrected chi connectivity index (χ2v) is 10.3. The maximum absolute atomic E-state index is 13.4. The first-order valence-electron chi connectivity index (χ1n) is 10.6. The third-order valence-corrected chi connectivity index (χ3v) is 7.59. The molecule has 0 spiro atoms. The number of nitrogens with zero attached hydrogens (tertiary/aromatic N) is 2. The molecule has 0 fully saturated rings. The van der Waals surface area contributed by atoms with Gasteiger partial charge in [0, 0.05) is 23.5 Å². The molecular formula is C24H27N3O3S2. The number of thiophene rings is 1. The maximum Gasteiger partial charge on any atom is 0.263 e. The van der Waals surface area contributed by atoms with Gasteiger partial charge in [0.1, 0.15) is 4.83 Å². The van der Waals surface area contributed by atoms with E-state index in [-0.39, 0.29) is 23.3 Å². The predicted octanol–water partition coefficient (Wildman–Crippen LogP) is 4.78. The highest BCUT2D eigenvalue weighted by Crippen LogP contribution is 2.35. The molecule has 32 heavy (non-hydrogen) atoms. The fourth-order valence-corrected chi connectivity index (χ4v) is 5.71. The van der Waals surface area contributed by atoms with Gasteiger partial charge in [0.15, 0.2) is 5.16 Å². The lowest BCUT2D eigenvalue weighted by Gasteiger charge is -2.26. The molecule has 0 radical (unpaired) electrons. The Labute approximate surface area is 195 Å². The first-order valence-corrected chi connectivity index (χ1v) is 12.4. The molecule has 1 aromatic carbocycles. The molecule has 0 aliphatic carbocycles. The van der Waals surface area contributed by atoms with E-state index in [9.17, 15) is 9.59 Å². The number of carbonyl (C=O) groups is 1. The number of hydrogen-bond acceptors (Lipinski definition) is 6. The molecule has 0 saturated heterocycles. The van der Waals surface area contributed by atoms with Crippen LogP contribution in [0.2, 0.25) is 0 Å². The van der Waals surface area contributed by atoms with Gasteiger partial charge in [-0.3, -0.25) is 14.2 Å². The molecule has 6 nitrogen and oxygen atoms in total. The topological polar surface area (TPSA) is 73.2 Å². The van der Waals surface area contributed by atoms with Crippen LogP contribution in [0, 0.1) is 12.8 Å². The van der Waals surface area contributed by atoms with Crippen LogP contribution in [0.3, 0.4) is 0 Å². The number of thioether (sulfide) groups is 1. The highest BCUT2D eigenvalue weighted by molar-refractivity contribution is 7.99. The van der Waals surface area contributed by atoms with Gasteiger partial charge in [0.25, 0.3) is 5.56 Å². The van der Waals surface area contributed by atoms with Crippen molar-refractivity contribution in [2.45, 2.75) is 51.6 Å². The third-order valence-electron chi connectivity index (χ3n) is 5.52. The number of anilines is 1. The van der Waals surface area contributed by atoms with Crippen LogP contribution in [0.4, 0.5) is 5.69 Å². The Balaban J connectivity index is 1.61. The summed E-state index contributed by atoms with van der Waals surface area (Å²) in [5, 5.41) is 4.11. The van der Waals surface area contributed by atoms with Crippen molar-refractivity contribution >= 4 is 44.9 Å². The average molecular weight is 470 g/mol. The Morgan fingerprint density at radius 2 is 2.16 bits per heavy atom. The molecule has 1 aliphatic heterocycles. The van der Waals surface area contributed by atoms with Gasteiger partial charge >= 0.3 is 0 Å². The van der Waals surface area contributed by atoms with Gasteiger partial charge < -0.3 is 10.1 Å². The Morgan fingerprint density at radius 1 is 1.41 bits per heavy atom. The Morgan fingerprint density at radius 3 is 2.84 bits per heavy atom. The highest BCUT2D eigenvalue weighted by atomic mass is 32.2. The number of rotatable bonds is 7. The number of aromatic nitrogens is 2. The minimum absolute atomic E-state index is 0.0711. The molecule has 0 unspecified atom stereocenters. The van der Waals surface area contributed by atoms with E-state index in [0.29, 0.717) is 29.6 Å². The number of nitrogens with one attached hydrogen (secondary N) is 1. The number of ether oxygens (including phenoxy) is 1. The van der Waals surface area contributed by atoms with Crippen molar-refractivity contribution in [2.24, 2.45) is 5.92 Å². The predicted molar refractivity (Wildman–Crippen MR) is 132 cm³/mol. The number of allylic oxidation sites excluding steroid dienone is 1. The normalized spacial score (nSPS) is 15.7. The largest absolute Gasteiger partial charge is 0.372 e. The first-order chi connectivity index (χ1) is 15.4. The maximum atomic E-state index is 13.4. The van der Waals surface area contributed by atoms with Gasteiger partial charge in [-0.1, -0.05) is 49.4 Å². The summed E-state index contributed by atoms with van der Waals surface area (Å²) >= 11 is 2.78. The standard InChI is InChI=1S/C24H27N3O3S2/c1-5-10-27-23(29)21-17-11-18(14(2)3)30-12-19(17)32-22(21)26-24(27)31-13-20(28)25-16-8-6-15(4)7-9-16/h5-9,14,18H,1,10-13H2,2-4H3,(H,25,28)/t18-/m0/s1. The van der Waals surface area contributed by atoms with Crippen molar-refractivity contribution in [1.82, 2.24) is 9.55 Å². The summed E-state index contributed by atoms with van der Waals surface area (Å²) in [6, 6.07) is 7.65. The van der Waals surface area contributed by atoms with Crippen molar-refractivity contribution in [1.29, 1.82) is 0 Å². The van der Waals surface area contributed by atoms with E-state index in [2.05, 4.69) is 25.7 Å². The molecule has 1 N–H and O–H groups in total. The molecule has 0 bridgehead atoms. The van der Waals surface area contributed by atoms with Gasteiger partial charge in [0.05, 0.1) is 23.8 Å². The number of aryl methyl sites for hydroxylation is 1. The van der Waals surface area contributed by atoms with Gasteiger partial charge in [-0.05, 0) is 30.5 Å². The lowest BCUT2D eigenvalue weighted by Crippen LogP contribution is -2.28. The molecule has 1 atom stereocenters. The van der Waals surface area contributed by atoms with Crippen LogP contribution >= 0.6 is 23.1 Å². The van der Waals surface area contributed by atoms with E-state index >= 15 is 0 Å². The van der Waals surface area contributed by atoms with E-state index in [1.54, 1.807) is 10.6 Å². The molecule has 168 valence electrons. The van der Waals surface area contributed by atoms with Crippen LogP contribution in [-0.4, -0.2) is 27.3 Å². The number of amides is 1. The second-order valence-electron chi connectivity index (χ2n) is 8.28. The SMILES string of the molecule is C=CCn1c(SCC(=O)Nc2ccc(C)cc2)nc2sc3c(c2c1=O)C[C@@H](C(C)C)OC3. The zero-order valence-electron chi connectivity index (χ0n) is 18.5. The number of fused-ring (bicyclic) bond motifs is 3. The second kappa shape index (κ2) is 9.60. The van der Waals surface area contributed by atoms with Crippen molar-refractivity contribution in [3.05, 3.63) is 63.3 Å². The molecule has 1 amide bonds. The van der Waals surface area contributed by atoms with Crippen LogP contribution in [0.5, 0.6) is 0 Å². The van der Waals surface area contributed by atoms with E-state index in [1.165, 1.54) is 23.1 Å². The van der Waals surface area contributed by atoms with Crippen LogP contribution in [0.1, 0.15) is 29.9 Å². The van der Waals surface area contributed by atoms with Crippen molar-refractivity contribution in [2.75, 3.05) is 11.1 Å². The third kappa shape index (κ3) is 4.67. The van der Waals surface area contributed by atoms with Gasteiger partial charge in [-0.2, -0.15) is 0 Å². The van der Waals surface area contributed by atoms with Crippen LogP contribution in [0.25, 0.3) is 10.2 Å². The molecule has 3 aromatic rings. The Kier molecular flexibility index (Phi) is 6.83. The quantitative estimate of drug-likeness (QED) is 0.306.